The van der Waals surface area contributed by atoms with Gasteiger partial charge in [0.05, 0.1) is 18.1 Å². The number of carboxylic acid groups (broad SMARTS) is 1. The quantitative estimate of drug-likeness (QED) is 0.322. The van der Waals surface area contributed by atoms with Gasteiger partial charge in [-0.1, -0.05) is 18.2 Å². The van der Waals surface area contributed by atoms with E-state index in [-0.39, 0.29) is 41.1 Å². The number of fused-ring (bicyclic) bond motifs is 2. The maximum atomic E-state index is 12.6. The fourth-order valence-electron chi connectivity index (χ4n) is 3.32. The molecule has 32 heavy (non-hydrogen) atoms. The van der Waals surface area contributed by atoms with Gasteiger partial charge in [-0.25, -0.2) is 4.98 Å². The second kappa shape index (κ2) is 9.79. The number of amides is 1. The van der Waals surface area contributed by atoms with Gasteiger partial charge < -0.3 is 19.8 Å². The molecule has 156 valence electrons. The molecule has 0 aliphatic rings. The molecular formula is C23H18N3NaO4S. The van der Waals surface area contributed by atoms with E-state index in [0.717, 1.165) is 4.88 Å². The minimum absolute atomic E-state index is 0. The molecule has 7 nitrogen and oxygen atoms in total. The maximum absolute atomic E-state index is 12.6. The van der Waals surface area contributed by atoms with E-state index >= 15 is 0 Å². The topological polar surface area (TPSA) is 106 Å². The van der Waals surface area contributed by atoms with Crippen LogP contribution in [0.15, 0.2) is 53.5 Å². The van der Waals surface area contributed by atoms with Gasteiger partial charge in [0.1, 0.15) is 5.65 Å². The van der Waals surface area contributed by atoms with Crippen LogP contribution in [-0.4, -0.2) is 33.8 Å². The SMILES string of the molecule is Cc1c(CN(C)C(=O)/C=C/c2cnc3[nH]c(=O)c(C(=O)[O-])cc3c2)sc2ccccc12.[Na+]. The number of nitrogens with one attached hydrogen (secondary N) is 1. The minimum Gasteiger partial charge on any atom is -0.545 e. The largest absolute Gasteiger partial charge is 1.00 e. The Kier molecular flexibility index (Phi) is 7.30. The molecule has 0 aliphatic heterocycles. The molecule has 1 aromatic carbocycles. The minimum atomic E-state index is -1.56. The van der Waals surface area contributed by atoms with Crippen LogP contribution in [0.2, 0.25) is 0 Å². The Morgan fingerprint density at radius 1 is 1.25 bits per heavy atom. The van der Waals surface area contributed by atoms with Gasteiger partial charge in [0.2, 0.25) is 5.91 Å². The summed E-state index contributed by atoms with van der Waals surface area (Å²) in [5, 5.41) is 12.7. The summed E-state index contributed by atoms with van der Waals surface area (Å²) in [6.45, 7) is 2.56. The Morgan fingerprint density at radius 3 is 2.72 bits per heavy atom. The first kappa shape index (κ1) is 23.9. The second-order valence-corrected chi connectivity index (χ2v) is 8.32. The summed E-state index contributed by atoms with van der Waals surface area (Å²) >= 11 is 1.68. The summed E-state index contributed by atoms with van der Waals surface area (Å²) in [5.41, 5.74) is 0.807. The fourth-order valence-corrected chi connectivity index (χ4v) is 4.58. The molecule has 3 aromatic heterocycles. The first-order valence-electron chi connectivity index (χ1n) is 9.48. The van der Waals surface area contributed by atoms with E-state index in [1.54, 1.807) is 35.4 Å². The van der Waals surface area contributed by atoms with Crippen LogP contribution in [0, 0.1) is 6.92 Å². The van der Waals surface area contributed by atoms with Crippen molar-refractivity contribution in [2.75, 3.05) is 7.05 Å². The fraction of sp³-hybridized carbons (Fsp3) is 0.130. The summed E-state index contributed by atoms with van der Waals surface area (Å²) in [6.07, 6.45) is 4.54. The van der Waals surface area contributed by atoms with E-state index in [1.165, 1.54) is 34.0 Å². The predicted octanol–water partition coefficient (Wildman–Crippen LogP) is -0.514. The Balaban J connectivity index is 0.00000289. The number of thiophene rings is 1. The number of H-pyrrole nitrogens is 1. The van der Waals surface area contributed by atoms with E-state index in [4.69, 9.17) is 0 Å². The van der Waals surface area contributed by atoms with Gasteiger partial charge >= 0.3 is 29.6 Å². The predicted molar refractivity (Wildman–Crippen MR) is 119 cm³/mol. The van der Waals surface area contributed by atoms with Crippen molar-refractivity contribution in [1.29, 1.82) is 0 Å². The van der Waals surface area contributed by atoms with Crippen LogP contribution in [0.3, 0.4) is 0 Å². The normalized spacial score (nSPS) is 11.1. The molecule has 1 N–H and O–H groups in total. The zero-order valence-electron chi connectivity index (χ0n) is 17.8. The number of aryl methyl sites for hydroxylation is 1. The number of rotatable bonds is 5. The van der Waals surface area contributed by atoms with Crippen molar-refractivity contribution in [1.82, 2.24) is 14.9 Å². The van der Waals surface area contributed by atoms with E-state index in [0.29, 0.717) is 17.5 Å². The van der Waals surface area contributed by atoms with Crippen LogP contribution in [0.4, 0.5) is 0 Å². The number of carbonyl (C=O) groups excluding carboxylic acids is 2. The summed E-state index contributed by atoms with van der Waals surface area (Å²) in [5.74, 6) is -1.73. The molecule has 0 bridgehead atoms. The number of carbonyl (C=O) groups is 2. The summed E-state index contributed by atoms with van der Waals surface area (Å²) in [6, 6.07) is 11.0. The second-order valence-electron chi connectivity index (χ2n) is 7.18. The van der Waals surface area contributed by atoms with Crippen molar-refractivity contribution < 1.29 is 44.3 Å². The van der Waals surface area contributed by atoms with Gasteiger partial charge in [-0.05, 0) is 47.7 Å². The number of likely N-dealkylation sites (N-methyl/N-ethyl adjacent to an activating group) is 1. The third kappa shape index (κ3) is 4.83. The van der Waals surface area contributed by atoms with Gasteiger partial charge in [-0.3, -0.25) is 9.59 Å². The van der Waals surface area contributed by atoms with E-state index in [2.05, 4.69) is 29.0 Å². The van der Waals surface area contributed by atoms with Crippen molar-refractivity contribution in [2.45, 2.75) is 13.5 Å². The molecule has 0 unspecified atom stereocenters. The number of carboxylic acids is 1. The summed E-state index contributed by atoms with van der Waals surface area (Å²) in [4.78, 5) is 44.6. The number of hydrogen-bond acceptors (Lipinski definition) is 6. The zero-order valence-corrected chi connectivity index (χ0v) is 20.7. The van der Waals surface area contributed by atoms with Crippen molar-refractivity contribution >= 4 is 50.4 Å². The van der Waals surface area contributed by atoms with E-state index in [1.807, 2.05) is 12.1 Å². The number of aromatic amines is 1. The van der Waals surface area contributed by atoms with Gasteiger partial charge in [-0.2, -0.15) is 0 Å². The van der Waals surface area contributed by atoms with Crippen LogP contribution < -0.4 is 40.2 Å². The average molecular weight is 455 g/mol. The van der Waals surface area contributed by atoms with Gasteiger partial charge in [0.25, 0.3) is 5.56 Å². The Hall–Kier alpha value is -2.78. The Labute approximate surface area is 209 Å². The van der Waals surface area contributed by atoms with Crippen molar-refractivity contribution in [3.63, 3.8) is 0 Å². The number of aromatic nitrogens is 2. The van der Waals surface area contributed by atoms with Crippen molar-refractivity contribution in [3.05, 3.63) is 80.6 Å². The molecular weight excluding hydrogens is 437 g/mol. The number of hydrogen-bond donors (Lipinski definition) is 1. The number of benzene rings is 1. The van der Waals surface area contributed by atoms with Crippen LogP contribution >= 0.6 is 11.3 Å². The number of nitrogens with zero attached hydrogens (tertiary/aromatic N) is 2. The Morgan fingerprint density at radius 2 is 2.00 bits per heavy atom. The first-order valence-corrected chi connectivity index (χ1v) is 10.3. The summed E-state index contributed by atoms with van der Waals surface area (Å²) in [7, 11) is 1.74. The van der Waals surface area contributed by atoms with Crippen molar-refractivity contribution in [3.8, 4) is 0 Å². The van der Waals surface area contributed by atoms with Crippen LogP contribution in [0.5, 0.6) is 0 Å². The molecule has 0 saturated carbocycles. The molecule has 0 atom stereocenters. The average Bonchev–Trinajstić information content (AvgIpc) is 3.06. The standard InChI is InChI=1S/C23H19N3O4S.Na/c1-13-16-5-3-4-6-18(16)31-19(13)12-26(2)20(27)8-7-14-9-15-10-17(23(29)30)22(28)25-21(15)24-11-14;/h3-11H,12H2,1-2H3,(H,29,30)(H,24,25,28);/q;+1/p-1/b8-7+;. The van der Waals surface area contributed by atoms with Crippen LogP contribution in [0.25, 0.3) is 27.2 Å². The molecule has 1 amide bonds. The van der Waals surface area contributed by atoms with Crippen LogP contribution in [-0.2, 0) is 11.3 Å². The third-order valence-electron chi connectivity index (χ3n) is 5.05. The molecule has 0 aliphatic carbocycles. The zero-order chi connectivity index (χ0) is 22.1. The molecule has 4 aromatic rings. The van der Waals surface area contributed by atoms with Crippen molar-refractivity contribution in [2.24, 2.45) is 0 Å². The maximum Gasteiger partial charge on any atom is 1.00 e. The molecule has 4 rings (SSSR count). The van der Waals surface area contributed by atoms with Crippen LogP contribution in [0.1, 0.15) is 26.4 Å². The summed E-state index contributed by atoms with van der Waals surface area (Å²) < 4.78 is 1.20. The van der Waals surface area contributed by atoms with E-state index < -0.39 is 17.1 Å². The van der Waals surface area contributed by atoms with Gasteiger partial charge in [0, 0.05) is 34.3 Å². The van der Waals surface area contributed by atoms with Gasteiger partial charge in [-0.15, -0.1) is 11.3 Å². The monoisotopic (exact) mass is 455 g/mol. The number of pyridine rings is 2. The first-order chi connectivity index (χ1) is 14.8. The molecule has 9 heteroatoms. The number of aromatic carboxylic acids is 1. The molecule has 0 saturated heterocycles. The molecule has 0 spiro atoms. The Bertz CT molecular complexity index is 1420. The molecule has 0 radical (unpaired) electrons. The third-order valence-corrected chi connectivity index (χ3v) is 6.31. The van der Waals surface area contributed by atoms with E-state index in [9.17, 15) is 19.5 Å². The molecule has 3 heterocycles. The smallest absolute Gasteiger partial charge is 0.545 e. The molecule has 0 fully saturated rings. The van der Waals surface area contributed by atoms with Gasteiger partial charge in [0.15, 0.2) is 0 Å².